The molecule has 3 aromatic rings. The van der Waals surface area contributed by atoms with Crippen LogP contribution in [0.4, 0.5) is 19.3 Å². The Morgan fingerprint density at radius 3 is 2.41 bits per heavy atom. The van der Waals surface area contributed by atoms with E-state index in [1.54, 1.807) is 38.1 Å². The molecule has 0 fully saturated rings. The molecule has 0 bridgehead atoms. The lowest BCUT2D eigenvalue weighted by atomic mass is 10.0. The van der Waals surface area contributed by atoms with Crippen LogP contribution in [-0.4, -0.2) is 18.3 Å². The van der Waals surface area contributed by atoms with E-state index in [2.05, 4.69) is 21.2 Å². The summed E-state index contributed by atoms with van der Waals surface area (Å²) in [4.78, 5) is 12.4. The molecule has 4 nitrogen and oxygen atoms in total. The van der Waals surface area contributed by atoms with E-state index in [-0.39, 0.29) is 24.3 Å². The molecule has 32 heavy (non-hydrogen) atoms. The Morgan fingerprint density at radius 2 is 1.69 bits per heavy atom. The molecule has 0 saturated carbocycles. The molecule has 168 valence electrons. The van der Waals surface area contributed by atoms with Crippen LogP contribution in [0, 0.1) is 11.6 Å². The Labute approximate surface area is 194 Å². The maximum Gasteiger partial charge on any atom is 0.412 e. The van der Waals surface area contributed by atoms with Gasteiger partial charge in [0.1, 0.15) is 11.4 Å². The molecule has 1 amide bonds. The Kier molecular flexibility index (Phi) is 7.99. The van der Waals surface area contributed by atoms with E-state index in [1.807, 2.05) is 30.3 Å². The highest BCUT2D eigenvalue weighted by Gasteiger charge is 2.25. The Balaban J connectivity index is 1.62. The summed E-state index contributed by atoms with van der Waals surface area (Å²) in [5, 5.41) is 2.44. The van der Waals surface area contributed by atoms with Gasteiger partial charge in [-0.1, -0.05) is 64.5 Å². The monoisotopic (exact) mass is 503 g/mol. The average molecular weight is 504 g/mol. The standard InChI is InChI=1S/C25H24BrF2NO3/c1-25(2,16-31-15-17-8-4-3-5-9-17)32-24(30)29-22-13-12-20(26)19(23(22)28)14-18-10-6-7-11-21(18)27/h3-13H,14-16H2,1-2H3,(H,29,30). The summed E-state index contributed by atoms with van der Waals surface area (Å²) in [7, 11) is 0. The van der Waals surface area contributed by atoms with Crippen LogP contribution in [0.2, 0.25) is 0 Å². The Morgan fingerprint density at radius 1 is 1.00 bits per heavy atom. The van der Waals surface area contributed by atoms with E-state index in [1.165, 1.54) is 12.1 Å². The molecule has 7 heteroatoms. The first kappa shape index (κ1) is 23.9. The first-order chi connectivity index (χ1) is 15.2. The second-order valence-corrected chi connectivity index (χ2v) is 8.76. The van der Waals surface area contributed by atoms with Crippen LogP contribution in [0.3, 0.4) is 0 Å². The fourth-order valence-electron chi connectivity index (χ4n) is 3.09. The second-order valence-electron chi connectivity index (χ2n) is 7.91. The maximum absolute atomic E-state index is 15.1. The van der Waals surface area contributed by atoms with Gasteiger partial charge < -0.3 is 9.47 Å². The molecule has 0 heterocycles. The van der Waals surface area contributed by atoms with E-state index in [0.717, 1.165) is 5.56 Å². The van der Waals surface area contributed by atoms with E-state index in [4.69, 9.17) is 9.47 Å². The lowest BCUT2D eigenvalue weighted by Crippen LogP contribution is -2.35. The number of nitrogens with one attached hydrogen (secondary N) is 1. The van der Waals surface area contributed by atoms with Gasteiger partial charge in [0.25, 0.3) is 0 Å². The highest BCUT2D eigenvalue weighted by molar-refractivity contribution is 9.10. The third kappa shape index (κ3) is 6.61. The van der Waals surface area contributed by atoms with Crippen LogP contribution < -0.4 is 5.32 Å². The molecule has 3 rings (SSSR count). The number of benzene rings is 3. The smallest absolute Gasteiger partial charge is 0.412 e. The Bertz CT molecular complexity index is 1070. The summed E-state index contributed by atoms with van der Waals surface area (Å²) < 4.78 is 40.7. The first-order valence-corrected chi connectivity index (χ1v) is 10.9. The lowest BCUT2D eigenvalue weighted by molar-refractivity contribution is -0.0335. The average Bonchev–Trinajstić information content (AvgIpc) is 2.74. The number of halogens is 3. The van der Waals surface area contributed by atoms with Gasteiger partial charge in [-0.3, -0.25) is 5.32 Å². The van der Waals surface area contributed by atoms with Crippen molar-refractivity contribution in [3.63, 3.8) is 0 Å². The van der Waals surface area contributed by atoms with Crippen molar-refractivity contribution in [3.8, 4) is 0 Å². The number of carbonyl (C=O) groups excluding carboxylic acids is 1. The van der Waals surface area contributed by atoms with E-state index < -0.39 is 23.3 Å². The number of hydrogen-bond acceptors (Lipinski definition) is 3. The van der Waals surface area contributed by atoms with Gasteiger partial charge in [-0.2, -0.15) is 0 Å². The third-order valence-electron chi connectivity index (χ3n) is 4.68. The largest absolute Gasteiger partial charge is 0.441 e. The predicted octanol–water partition coefficient (Wildman–Crippen LogP) is 6.86. The quantitative estimate of drug-likeness (QED) is 0.365. The fraction of sp³-hybridized carbons (Fsp3) is 0.240. The number of carbonyl (C=O) groups is 1. The van der Waals surface area contributed by atoms with Crippen molar-refractivity contribution >= 4 is 27.7 Å². The van der Waals surface area contributed by atoms with Crippen molar-refractivity contribution < 1.29 is 23.0 Å². The fourth-order valence-corrected chi connectivity index (χ4v) is 3.54. The van der Waals surface area contributed by atoms with Crippen LogP contribution in [0.15, 0.2) is 71.2 Å². The first-order valence-electron chi connectivity index (χ1n) is 10.1. The summed E-state index contributed by atoms with van der Waals surface area (Å²) in [5.74, 6) is -1.08. The highest BCUT2D eigenvalue weighted by Crippen LogP contribution is 2.29. The molecule has 0 aliphatic heterocycles. The van der Waals surface area contributed by atoms with E-state index >= 15 is 4.39 Å². The van der Waals surface area contributed by atoms with E-state index in [0.29, 0.717) is 16.6 Å². The molecule has 0 aliphatic rings. The molecule has 0 saturated heterocycles. The SMILES string of the molecule is CC(C)(COCc1ccccc1)OC(=O)Nc1ccc(Br)c(Cc2ccccc2F)c1F. The van der Waals surface area contributed by atoms with Crippen molar-refractivity contribution in [3.05, 3.63) is 99.5 Å². The van der Waals surface area contributed by atoms with Crippen LogP contribution in [-0.2, 0) is 22.5 Å². The predicted molar refractivity (Wildman–Crippen MR) is 124 cm³/mol. The van der Waals surface area contributed by atoms with Crippen LogP contribution >= 0.6 is 15.9 Å². The normalized spacial score (nSPS) is 11.3. The van der Waals surface area contributed by atoms with Crippen molar-refractivity contribution in [2.45, 2.75) is 32.5 Å². The van der Waals surface area contributed by atoms with Gasteiger partial charge in [-0.15, -0.1) is 0 Å². The zero-order valence-electron chi connectivity index (χ0n) is 17.8. The minimum Gasteiger partial charge on any atom is -0.441 e. The molecule has 0 aromatic heterocycles. The molecule has 0 radical (unpaired) electrons. The summed E-state index contributed by atoms with van der Waals surface area (Å²) in [6.07, 6.45) is -0.779. The summed E-state index contributed by atoms with van der Waals surface area (Å²) in [6.45, 7) is 3.96. The molecule has 0 atom stereocenters. The second kappa shape index (κ2) is 10.7. The maximum atomic E-state index is 15.1. The van der Waals surface area contributed by atoms with Crippen LogP contribution in [0.1, 0.15) is 30.5 Å². The van der Waals surface area contributed by atoms with Crippen LogP contribution in [0.25, 0.3) is 0 Å². The highest BCUT2D eigenvalue weighted by atomic mass is 79.9. The third-order valence-corrected chi connectivity index (χ3v) is 5.42. The minimum absolute atomic E-state index is 0.0302. The van der Waals surface area contributed by atoms with Crippen molar-refractivity contribution in [2.24, 2.45) is 0 Å². The van der Waals surface area contributed by atoms with Crippen molar-refractivity contribution in [2.75, 3.05) is 11.9 Å². The lowest BCUT2D eigenvalue weighted by Gasteiger charge is -2.25. The van der Waals surface area contributed by atoms with Crippen molar-refractivity contribution in [1.82, 2.24) is 0 Å². The molecule has 1 N–H and O–H groups in total. The molecular weight excluding hydrogens is 480 g/mol. The van der Waals surface area contributed by atoms with Gasteiger partial charge in [0.15, 0.2) is 5.82 Å². The van der Waals surface area contributed by atoms with E-state index in [9.17, 15) is 9.18 Å². The van der Waals surface area contributed by atoms with Gasteiger partial charge in [0.05, 0.1) is 18.9 Å². The number of anilines is 1. The summed E-state index contributed by atoms with van der Waals surface area (Å²) >= 11 is 3.30. The number of hydrogen-bond donors (Lipinski definition) is 1. The number of ether oxygens (including phenoxy) is 2. The van der Waals surface area contributed by atoms with Crippen molar-refractivity contribution in [1.29, 1.82) is 0 Å². The molecule has 0 aliphatic carbocycles. The summed E-state index contributed by atoms with van der Waals surface area (Å²) in [5.41, 5.74) is 0.611. The van der Waals surface area contributed by atoms with Gasteiger partial charge in [0, 0.05) is 16.5 Å². The molecule has 0 spiro atoms. The van der Waals surface area contributed by atoms with Crippen LogP contribution in [0.5, 0.6) is 0 Å². The number of amides is 1. The minimum atomic E-state index is -0.930. The zero-order chi connectivity index (χ0) is 23.1. The van der Waals surface area contributed by atoms with Gasteiger partial charge in [0.2, 0.25) is 0 Å². The Hall–Kier alpha value is -2.77. The van der Waals surface area contributed by atoms with Gasteiger partial charge in [-0.05, 0) is 43.2 Å². The van der Waals surface area contributed by atoms with Gasteiger partial charge >= 0.3 is 6.09 Å². The molecule has 0 unspecified atom stereocenters. The summed E-state index contributed by atoms with van der Waals surface area (Å²) in [6, 6.07) is 18.8. The molecular formula is C25H24BrF2NO3. The zero-order valence-corrected chi connectivity index (χ0v) is 19.4. The van der Waals surface area contributed by atoms with Gasteiger partial charge in [-0.25, -0.2) is 13.6 Å². The number of rotatable bonds is 8. The topological polar surface area (TPSA) is 47.6 Å². The molecule has 3 aromatic carbocycles.